The van der Waals surface area contributed by atoms with Crippen LogP contribution in [0.15, 0.2) is 0 Å². The molecular weight excluding hydrogens is 254 g/mol. The topological polar surface area (TPSA) is 135 Å². The molecule has 0 aromatic carbocycles. The Kier molecular flexibility index (Phi) is 10.6. The van der Waals surface area contributed by atoms with E-state index in [4.69, 9.17) is 4.55 Å². The Labute approximate surface area is 129 Å². The summed E-state index contributed by atoms with van der Waals surface area (Å²) >= 11 is 0. The Hall–Kier alpha value is 0.0448. The predicted octanol–water partition coefficient (Wildman–Crippen LogP) is -8.44. The van der Waals surface area contributed by atoms with Gasteiger partial charge in [0, 0.05) is 11.9 Å². The fraction of sp³-hybridized carbons (Fsp3) is 0.750. The number of aliphatic carboxylic acids is 2. The van der Waals surface area contributed by atoms with E-state index in [1.54, 1.807) is 0 Å². The normalized spacial score (nSPS) is 15.5. The predicted molar refractivity (Wildman–Crippen MR) is 48.4 cm³/mol. The minimum atomic E-state index is -5.12. The Morgan fingerprint density at radius 1 is 1.22 bits per heavy atom. The molecule has 0 rings (SSSR count). The van der Waals surface area contributed by atoms with E-state index in [0.29, 0.717) is 0 Å². The third kappa shape index (κ3) is 4.02. The summed E-state index contributed by atoms with van der Waals surface area (Å²) in [5.74, 6) is -5.86. The second-order valence-corrected chi connectivity index (χ2v) is 4.96. The van der Waals surface area contributed by atoms with Gasteiger partial charge in [0.05, 0.1) is 5.97 Å². The molecule has 0 bridgehead atoms. The molecule has 0 radical (unpaired) electrons. The van der Waals surface area contributed by atoms with Gasteiger partial charge in [-0.2, -0.15) is 8.42 Å². The maximum Gasteiger partial charge on any atom is 1.00 e. The van der Waals surface area contributed by atoms with Gasteiger partial charge >= 0.3 is 37.7 Å². The number of carboxylic acid groups (broad SMARTS) is 2. The van der Waals surface area contributed by atoms with Crippen molar-refractivity contribution >= 4 is 22.1 Å². The van der Waals surface area contributed by atoms with E-state index in [1.165, 1.54) is 6.92 Å². The van der Waals surface area contributed by atoms with Crippen molar-refractivity contribution < 1.29 is 70.5 Å². The minimum absolute atomic E-state index is 0. The van der Waals surface area contributed by atoms with Gasteiger partial charge < -0.3 is 19.8 Å². The van der Waals surface area contributed by atoms with Crippen LogP contribution in [0, 0.1) is 5.92 Å². The number of hydrogen-bond acceptors (Lipinski definition) is 6. The summed E-state index contributed by atoms with van der Waals surface area (Å²) < 4.78 is 28.2. The van der Waals surface area contributed by atoms with Crippen LogP contribution >= 0.6 is 0 Å². The molecule has 7 nitrogen and oxygen atoms in total. The molecule has 0 aromatic heterocycles. The Balaban J connectivity index is -0.00000112. The van der Waals surface area contributed by atoms with Gasteiger partial charge in [0.2, 0.25) is 0 Å². The molecule has 2 unspecified atom stereocenters. The molecule has 0 spiro atoms. The third-order valence-corrected chi connectivity index (χ3v) is 4.25. The molecule has 0 amide bonds. The maximum absolute atomic E-state index is 11.1. The summed E-state index contributed by atoms with van der Waals surface area (Å²) in [5, 5.41) is 21.6. The number of rotatable bonds is 6. The first-order valence-electron chi connectivity index (χ1n) is 4.54. The summed E-state index contributed by atoms with van der Waals surface area (Å²) in [7, 11) is -5.12. The molecule has 2 atom stereocenters. The van der Waals surface area contributed by atoms with E-state index < -0.39 is 39.1 Å². The summed E-state index contributed by atoms with van der Waals surface area (Å²) in [6, 6.07) is 0. The van der Waals surface area contributed by atoms with Crippen molar-refractivity contribution in [1.82, 2.24) is 0 Å². The zero-order valence-corrected chi connectivity index (χ0v) is 11.6. The van der Waals surface area contributed by atoms with Crippen molar-refractivity contribution in [3.05, 3.63) is 0 Å². The van der Waals surface area contributed by atoms with Crippen LogP contribution in [0.1, 0.15) is 26.7 Å². The Bertz CT molecular complexity index is 394. The maximum atomic E-state index is 11.1. The number of carboxylic acids is 2. The van der Waals surface area contributed by atoms with Crippen LogP contribution < -0.4 is 47.9 Å². The molecule has 10 heteroatoms. The van der Waals surface area contributed by atoms with E-state index in [9.17, 15) is 28.2 Å². The molecule has 1 N–H and O–H groups in total. The quantitative estimate of drug-likeness (QED) is 0.372. The van der Waals surface area contributed by atoms with E-state index in [2.05, 4.69) is 0 Å². The molecule has 0 saturated carbocycles. The average Bonchev–Trinajstić information content (AvgIpc) is 2.10. The van der Waals surface area contributed by atoms with Crippen LogP contribution in [0.4, 0.5) is 0 Å². The van der Waals surface area contributed by atoms with Crippen LogP contribution in [-0.4, -0.2) is 29.7 Å². The second kappa shape index (κ2) is 8.26. The number of carbonyl (C=O) groups is 2. The molecule has 0 aliphatic carbocycles. The van der Waals surface area contributed by atoms with Crippen molar-refractivity contribution in [1.29, 1.82) is 0 Å². The Morgan fingerprint density at radius 2 is 1.61 bits per heavy atom. The molecule has 18 heavy (non-hydrogen) atoms. The first-order chi connectivity index (χ1) is 7.15. The monoisotopic (exact) mass is 266 g/mol. The van der Waals surface area contributed by atoms with Gasteiger partial charge in [0.1, 0.15) is 4.75 Å². The van der Waals surface area contributed by atoms with Crippen LogP contribution in [0.25, 0.3) is 0 Å². The van der Waals surface area contributed by atoms with Gasteiger partial charge in [0.25, 0.3) is 10.1 Å². The minimum Gasteiger partial charge on any atom is -0.550 e. The van der Waals surface area contributed by atoms with Gasteiger partial charge in [-0.15, -0.1) is 0 Å². The van der Waals surface area contributed by atoms with Crippen molar-refractivity contribution in [2.45, 2.75) is 31.4 Å². The van der Waals surface area contributed by atoms with E-state index in [-0.39, 0.29) is 44.1 Å². The summed E-state index contributed by atoms with van der Waals surface area (Å²) in [6.07, 6.45) is -0.940. The van der Waals surface area contributed by atoms with Crippen molar-refractivity contribution in [2.24, 2.45) is 5.92 Å². The van der Waals surface area contributed by atoms with E-state index >= 15 is 0 Å². The number of hydrogen-bond donors (Lipinski definition) is 1. The largest absolute Gasteiger partial charge is 1.00 e. The van der Waals surface area contributed by atoms with Crippen molar-refractivity contribution in [3.63, 3.8) is 0 Å². The van der Waals surface area contributed by atoms with E-state index in [1.807, 2.05) is 0 Å². The van der Waals surface area contributed by atoms with Gasteiger partial charge in [-0.05, 0) is 12.8 Å². The van der Waals surface area contributed by atoms with Gasteiger partial charge in [-0.3, -0.25) is 4.55 Å². The average molecular weight is 266 g/mol. The van der Waals surface area contributed by atoms with Crippen molar-refractivity contribution in [2.75, 3.05) is 0 Å². The third-order valence-electron chi connectivity index (χ3n) is 2.59. The van der Waals surface area contributed by atoms with Crippen LogP contribution in [0.3, 0.4) is 0 Å². The van der Waals surface area contributed by atoms with Crippen molar-refractivity contribution in [3.8, 4) is 0 Å². The van der Waals surface area contributed by atoms with Gasteiger partial charge in [-0.1, -0.05) is 13.8 Å². The summed E-state index contributed by atoms with van der Waals surface area (Å²) in [5.41, 5.74) is 0. The standard InChI is InChI=1S/C8H14O7S.2Li/c1-3-5(6(9)10)8(4-2,7(11)12)16(13,14)15;;/h5H,3-4H2,1-2H3,(H,9,10)(H,11,12)(H,13,14,15);;/q;2*+1/p-2. The fourth-order valence-corrected chi connectivity index (χ4v) is 2.89. The first kappa shape index (κ1) is 23.2. The first-order valence-corrected chi connectivity index (χ1v) is 5.98. The molecule has 0 aromatic rings. The van der Waals surface area contributed by atoms with Crippen LogP contribution in [0.2, 0.25) is 0 Å². The van der Waals surface area contributed by atoms with Crippen LogP contribution in [-0.2, 0) is 19.7 Å². The van der Waals surface area contributed by atoms with E-state index in [0.717, 1.165) is 6.92 Å². The molecule has 0 heterocycles. The number of carbonyl (C=O) groups excluding carboxylic acids is 2. The van der Waals surface area contributed by atoms with Gasteiger partial charge in [-0.25, -0.2) is 0 Å². The zero-order chi connectivity index (χ0) is 13.1. The molecule has 0 fully saturated rings. The smallest absolute Gasteiger partial charge is 0.550 e. The molecule has 0 aliphatic rings. The molecular formula is C8H12Li2O7S. The summed E-state index contributed by atoms with van der Waals surface area (Å²) in [4.78, 5) is 21.6. The molecule has 94 valence electrons. The zero-order valence-electron chi connectivity index (χ0n) is 10.8. The second-order valence-electron chi connectivity index (χ2n) is 3.29. The Morgan fingerprint density at radius 3 is 1.67 bits per heavy atom. The fourth-order valence-electron chi connectivity index (χ4n) is 1.69. The SMILES string of the molecule is CCC(C(=O)[O-])C(CC)(C(=O)[O-])S(=O)(=O)O.[Li+].[Li+]. The van der Waals surface area contributed by atoms with Gasteiger partial charge in [0.15, 0.2) is 0 Å². The molecule has 0 aliphatic heterocycles. The van der Waals surface area contributed by atoms with Crippen LogP contribution in [0.5, 0.6) is 0 Å². The molecule has 0 saturated heterocycles. The summed E-state index contributed by atoms with van der Waals surface area (Å²) in [6.45, 7) is 2.41.